The van der Waals surface area contributed by atoms with E-state index < -0.39 is 12.4 Å². The SMILES string of the molecule is COc1c2c(c(OC)c3c(O)c(Cc4ccc(Cl)cc4)oc13)C1Oc3c(c4ccccc4c4ccccc34)OC1O2. The van der Waals surface area contributed by atoms with E-state index in [4.69, 9.17) is 39.7 Å². The minimum absolute atomic E-state index is 0.0371. The Balaban J connectivity index is 1.32. The number of methoxy groups -OCH3 is 2. The molecule has 8 rings (SSSR count). The summed E-state index contributed by atoms with van der Waals surface area (Å²) >= 11 is 6.05. The number of ether oxygens (including phenoxy) is 5. The first kappa shape index (κ1) is 24.1. The van der Waals surface area contributed by atoms with Crippen LogP contribution >= 0.6 is 11.6 Å². The Morgan fingerprint density at radius 2 is 1.32 bits per heavy atom. The molecule has 8 heteroatoms. The molecule has 0 saturated carbocycles. The summed E-state index contributed by atoms with van der Waals surface area (Å²) < 4.78 is 37.6. The predicted molar refractivity (Wildman–Crippen MR) is 155 cm³/mol. The summed E-state index contributed by atoms with van der Waals surface area (Å²) in [7, 11) is 3.07. The monoisotopic (exact) mass is 566 g/mol. The van der Waals surface area contributed by atoms with Crippen molar-refractivity contribution < 1.29 is 33.2 Å². The highest BCUT2D eigenvalue weighted by Crippen LogP contribution is 2.60. The average Bonchev–Trinajstić information content (AvgIpc) is 3.53. The lowest BCUT2D eigenvalue weighted by molar-refractivity contribution is -0.0745. The number of fused-ring (bicyclic) bond motifs is 10. The second-order valence-electron chi connectivity index (χ2n) is 10.1. The van der Waals surface area contributed by atoms with Crippen LogP contribution < -0.4 is 23.7 Å². The Bertz CT molecular complexity index is 2010. The number of aromatic hydroxyl groups is 1. The second-order valence-corrected chi connectivity index (χ2v) is 10.5. The van der Waals surface area contributed by atoms with Gasteiger partial charge in [0.15, 0.2) is 34.3 Å². The minimum atomic E-state index is -0.813. The molecule has 0 fully saturated rings. The number of rotatable bonds is 4. The smallest absolute Gasteiger partial charge is 0.282 e. The predicted octanol–water partition coefficient (Wildman–Crippen LogP) is 7.94. The fourth-order valence-electron chi connectivity index (χ4n) is 6.05. The van der Waals surface area contributed by atoms with Crippen molar-refractivity contribution in [3.63, 3.8) is 0 Å². The van der Waals surface area contributed by atoms with Gasteiger partial charge in [-0.05, 0) is 28.5 Å². The van der Waals surface area contributed by atoms with Gasteiger partial charge in [0.05, 0.1) is 19.8 Å². The fraction of sp³-hybridized carbons (Fsp3) is 0.152. The quantitative estimate of drug-likeness (QED) is 0.217. The van der Waals surface area contributed by atoms with E-state index in [9.17, 15) is 5.11 Å². The van der Waals surface area contributed by atoms with Crippen molar-refractivity contribution in [3.8, 4) is 34.5 Å². The molecule has 0 aliphatic carbocycles. The van der Waals surface area contributed by atoms with E-state index in [1.807, 2.05) is 48.5 Å². The lowest BCUT2D eigenvalue weighted by Gasteiger charge is -2.30. The maximum absolute atomic E-state index is 11.4. The minimum Gasteiger partial charge on any atom is -0.504 e. The van der Waals surface area contributed by atoms with Crippen molar-refractivity contribution >= 4 is 44.1 Å². The van der Waals surface area contributed by atoms with Crippen LogP contribution in [0.25, 0.3) is 32.5 Å². The van der Waals surface area contributed by atoms with Gasteiger partial charge in [0.2, 0.25) is 11.9 Å². The molecule has 2 aliphatic heterocycles. The van der Waals surface area contributed by atoms with Crippen LogP contribution in [0.2, 0.25) is 5.02 Å². The zero-order valence-electron chi connectivity index (χ0n) is 22.1. The molecule has 0 saturated heterocycles. The van der Waals surface area contributed by atoms with Crippen LogP contribution in [-0.4, -0.2) is 25.6 Å². The van der Waals surface area contributed by atoms with Crippen molar-refractivity contribution in [2.45, 2.75) is 18.8 Å². The summed E-state index contributed by atoms with van der Waals surface area (Å²) in [5.74, 6) is 2.66. The van der Waals surface area contributed by atoms with Gasteiger partial charge >= 0.3 is 0 Å². The molecule has 7 nitrogen and oxygen atoms in total. The lowest BCUT2D eigenvalue weighted by atomic mass is 9.98. The third-order valence-corrected chi connectivity index (χ3v) is 8.10. The molecule has 2 aliphatic rings. The average molecular weight is 567 g/mol. The van der Waals surface area contributed by atoms with Crippen molar-refractivity contribution in [2.24, 2.45) is 0 Å². The van der Waals surface area contributed by atoms with Gasteiger partial charge in [-0.3, -0.25) is 0 Å². The molecular weight excluding hydrogens is 544 g/mol. The highest BCUT2D eigenvalue weighted by atomic mass is 35.5. The molecule has 2 atom stereocenters. The summed E-state index contributed by atoms with van der Waals surface area (Å²) in [5, 5.41) is 16.4. The van der Waals surface area contributed by atoms with Gasteiger partial charge in [0.1, 0.15) is 11.1 Å². The maximum Gasteiger partial charge on any atom is 0.282 e. The van der Waals surface area contributed by atoms with E-state index in [0.29, 0.717) is 62.5 Å². The Morgan fingerprint density at radius 3 is 1.95 bits per heavy atom. The Kier molecular flexibility index (Phi) is 5.21. The summed E-state index contributed by atoms with van der Waals surface area (Å²) in [6, 6.07) is 23.5. The van der Waals surface area contributed by atoms with Gasteiger partial charge in [-0.1, -0.05) is 72.3 Å². The lowest BCUT2D eigenvalue weighted by Crippen LogP contribution is -2.33. The molecular formula is C33H23ClO7. The molecule has 3 heterocycles. The van der Waals surface area contributed by atoms with Gasteiger partial charge < -0.3 is 33.2 Å². The fourth-order valence-corrected chi connectivity index (χ4v) is 6.18. The normalized spacial score (nSPS) is 17.0. The topological polar surface area (TPSA) is 79.5 Å². The molecule has 6 aromatic rings. The van der Waals surface area contributed by atoms with E-state index in [-0.39, 0.29) is 5.75 Å². The van der Waals surface area contributed by atoms with Gasteiger partial charge in [-0.15, -0.1) is 0 Å². The van der Waals surface area contributed by atoms with Gasteiger partial charge in [-0.25, -0.2) is 0 Å². The van der Waals surface area contributed by atoms with E-state index in [1.54, 1.807) is 19.2 Å². The van der Waals surface area contributed by atoms with Crippen LogP contribution in [0.3, 0.4) is 0 Å². The van der Waals surface area contributed by atoms with Crippen LogP contribution in [0, 0.1) is 0 Å². The molecule has 41 heavy (non-hydrogen) atoms. The van der Waals surface area contributed by atoms with E-state index in [2.05, 4.69) is 12.1 Å². The Hall–Kier alpha value is -4.75. The number of hydrogen-bond acceptors (Lipinski definition) is 7. The van der Waals surface area contributed by atoms with Crippen molar-refractivity contribution in [1.82, 2.24) is 0 Å². The summed E-state index contributed by atoms with van der Waals surface area (Å²) in [6.45, 7) is 0. The Labute approximate surface area is 239 Å². The third kappa shape index (κ3) is 3.39. The molecule has 5 aromatic carbocycles. The van der Waals surface area contributed by atoms with Gasteiger partial charge in [-0.2, -0.15) is 0 Å². The zero-order chi connectivity index (χ0) is 27.8. The highest BCUT2D eigenvalue weighted by Gasteiger charge is 2.49. The van der Waals surface area contributed by atoms with Crippen molar-refractivity contribution in [1.29, 1.82) is 0 Å². The van der Waals surface area contributed by atoms with Gasteiger partial charge in [0.25, 0.3) is 6.29 Å². The first-order valence-corrected chi connectivity index (χ1v) is 13.5. The number of benzene rings is 5. The largest absolute Gasteiger partial charge is 0.504 e. The number of furan rings is 1. The molecule has 204 valence electrons. The molecule has 0 bridgehead atoms. The Morgan fingerprint density at radius 1 is 0.732 bits per heavy atom. The number of halogens is 1. The van der Waals surface area contributed by atoms with Crippen molar-refractivity contribution in [2.75, 3.05) is 14.2 Å². The van der Waals surface area contributed by atoms with E-state index in [1.165, 1.54) is 7.11 Å². The van der Waals surface area contributed by atoms with Crippen LogP contribution in [0.15, 0.2) is 77.2 Å². The van der Waals surface area contributed by atoms with Crippen LogP contribution in [0.1, 0.15) is 23.0 Å². The molecule has 0 spiro atoms. The van der Waals surface area contributed by atoms with Gasteiger partial charge in [0, 0.05) is 22.2 Å². The second kappa shape index (κ2) is 8.88. The maximum atomic E-state index is 11.4. The summed E-state index contributed by atoms with van der Waals surface area (Å²) in [6.07, 6.45) is -1.16. The molecule has 0 radical (unpaired) electrons. The van der Waals surface area contributed by atoms with Crippen molar-refractivity contribution in [3.05, 3.63) is 94.7 Å². The van der Waals surface area contributed by atoms with Crippen LogP contribution in [0.4, 0.5) is 0 Å². The molecule has 1 aromatic heterocycles. The third-order valence-electron chi connectivity index (χ3n) is 7.85. The number of hydrogen-bond donors (Lipinski definition) is 1. The summed E-state index contributed by atoms with van der Waals surface area (Å²) in [4.78, 5) is 0. The highest BCUT2D eigenvalue weighted by molar-refractivity contribution is 6.30. The molecule has 0 amide bonds. The first-order chi connectivity index (χ1) is 20.1. The first-order valence-electron chi connectivity index (χ1n) is 13.2. The standard InChI is InChI=1S/C33H23ClO7/c1-36-28-23-25(35)22(15-16-11-13-17(34)14-12-16)38-29(23)32(37-2)30-24(28)31-33(41-30)40-27-21-10-6-4-8-19(21)18-7-3-5-9-20(18)26(27)39-31/h3-14,31,33,35H,15H2,1-2H3. The van der Waals surface area contributed by atoms with E-state index >= 15 is 0 Å². The zero-order valence-corrected chi connectivity index (χ0v) is 22.8. The van der Waals surface area contributed by atoms with E-state index in [0.717, 1.165) is 27.1 Å². The van der Waals surface area contributed by atoms with Crippen LogP contribution in [0.5, 0.6) is 34.5 Å². The molecule has 1 N–H and O–H groups in total. The summed E-state index contributed by atoms with van der Waals surface area (Å²) in [5.41, 5.74) is 1.82. The molecule has 2 unspecified atom stereocenters. The van der Waals surface area contributed by atoms with Crippen LogP contribution in [-0.2, 0) is 6.42 Å².